The second-order valence-electron chi connectivity index (χ2n) is 14.0. The molecule has 2 amide bonds. The number of methoxy groups -OCH3 is 1. The smallest absolute Gasteiger partial charge is 0.404 e. The molecule has 2 fully saturated rings. The van der Waals surface area contributed by atoms with Gasteiger partial charge in [-0.1, -0.05) is 45.9 Å². The standard InChI is InChI=1S/C35H43N5O.C2H5NO2/c1-21(2)17-33(41)40-16-6-8-32(40)34-37-20-31(39-34)23-10-12-25-24-11-9-22(18-26(24)35(3,4)27(25)19-23)28-13-14-30(38-28)29-7-5-15-36-29;1-5-2(3)4/h10,12-14,18-21,29,32,36,38H,5-9,11,15-17H2,1-4H3,(H,37,39);1H3,(H2,3,4). The molecule has 9 nitrogen and oxygen atoms in total. The monoisotopic (exact) mass is 624 g/mol. The van der Waals surface area contributed by atoms with Crippen LogP contribution in [0.5, 0.6) is 0 Å². The van der Waals surface area contributed by atoms with Crippen molar-refractivity contribution in [1.29, 1.82) is 0 Å². The SMILES string of the molecule is CC(C)CC(=O)N1CCCC1c1ncc(-c2ccc3c(c2)C(C)(C)C2=C3CCC(c3ccc(C4CCCN4)[nH]3)=C2)[nH]1.COC(N)=O. The predicted octanol–water partition coefficient (Wildman–Crippen LogP) is 7.17. The Kier molecular flexibility index (Phi) is 8.97. The Labute approximate surface area is 272 Å². The Morgan fingerprint density at radius 2 is 1.89 bits per heavy atom. The number of hydrogen-bond donors (Lipinski definition) is 4. The molecule has 2 aliphatic carbocycles. The molecule has 2 saturated heterocycles. The predicted molar refractivity (Wildman–Crippen MR) is 182 cm³/mol. The Morgan fingerprint density at radius 1 is 1.09 bits per heavy atom. The summed E-state index contributed by atoms with van der Waals surface area (Å²) in [5, 5.41) is 3.62. The van der Waals surface area contributed by atoms with Crippen LogP contribution in [0.1, 0.15) is 113 Å². The van der Waals surface area contributed by atoms with Gasteiger partial charge in [0, 0.05) is 35.8 Å². The lowest BCUT2D eigenvalue weighted by Crippen LogP contribution is -2.31. The highest BCUT2D eigenvalue weighted by molar-refractivity contribution is 5.89. The van der Waals surface area contributed by atoms with Crippen LogP contribution in [0.4, 0.5) is 4.79 Å². The first kappa shape index (κ1) is 31.9. The third-order valence-corrected chi connectivity index (χ3v) is 10.0. The average Bonchev–Trinajstić information content (AvgIpc) is 3.87. The second-order valence-corrected chi connectivity index (χ2v) is 14.0. The maximum absolute atomic E-state index is 12.9. The molecule has 1 aromatic carbocycles. The van der Waals surface area contributed by atoms with E-state index in [0.717, 1.165) is 55.9 Å². The maximum atomic E-state index is 12.9. The number of rotatable bonds is 6. The van der Waals surface area contributed by atoms with E-state index in [4.69, 9.17) is 4.98 Å². The van der Waals surface area contributed by atoms with Crippen LogP contribution in [0.15, 0.2) is 48.2 Å². The summed E-state index contributed by atoms with van der Waals surface area (Å²) >= 11 is 0. The van der Waals surface area contributed by atoms with Crippen molar-refractivity contribution in [2.75, 3.05) is 20.2 Å². The lowest BCUT2D eigenvalue weighted by molar-refractivity contribution is -0.133. The number of nitrogens with zero attached hydrogens (tertiary/aromatic N) is 2. The highest BCUT2D eigenvalue weighted by Crippen LogP contribution is 2.52. The minimum atomic E-state index is -0.745. The second kappa shape index (κ2) is 12.9. The van der Waals surface area contributed by atoms with Crippen molar-refractivity contribution in [1.82, 2.24) is 25.2 Å². The molecular weight excluding hydrogens is 576 g/mol. The molecule has 3 aromatic rings. The number of aromatic nitrogens is 3. The summed E-state index contributed by atoms with van der Waals surface area (Å²) < 4.78 is 3.89. The third kappa shape index (κ3) is 6.17. The summed E-state index contributed by atoms with van der Waals surface area (Å²) in [4.78, 5) is 36.4. The number of H-pyrrole nitrogens is 2. The Morgan fingerprint density at radius 3 is 2.61 bits per heavy atom. The molecule has 0 radical (unpaired) electrons. The van der Waals surface area contributed by atoms with E-state index >= 15 is 0 Å². The number of primary amides is 1. The molecule has 0 saturated carbocycles. The van der Waals surface area contributed by atoms with Crippen LogP contribution in [0.25, 0.3) is 22.4 Å². The maximum Gasteiger partial charge on any atom is 0.404 e. The lowest BCUT2D eigenvalue weighted by Gasteiger charge is -2.26. The fourth-order valence-electron chi connectivity index (χ4n) is 7.64. The number of nitrogens with one attached hydrogen (secondary N) is 3. The van der Waals surface area contributed by atoms with Crippen molar-refractivity contribution >= 4 is 23.1 Å². The zero-order chi connectivity index (χ0) is 32.6. The first-order valence-corrected chi connectivity index (χ1v) is 16.8. The molecule has 4 aliphatic rings. The molecular formula is C37H48N6O3. The fourth-order valence-corrected chi connectivity index (χ4v) is 7.64. The summed E-state index contributed by atoms with van der Waals surface area (Å²) in [6.07, 6.45) is 10.9. The van der Waals surface area contributed by atoms with Gasteiger partial charge in [-0.25, -0.2) is 9.78 Å². The molecule has 2 aromatic heterocycles. The van der Waals surface area contributed by atoms with Gasteiger partial charge in [0.25, 0.3) is 0 Å². The molecule has 46 heavy (non-hydrogen) atoms. The number of allylic oxidation sites excluding steroid dienone is 4. The van der Waals surface area contributed by atoms with E-state index in [9.17, 15) is 9.59 Å². The topological polar surface area (TPSA) is 129 Å². The number of fused-ring (bicyclic) bond motifs is 2. The van der Waals surface area contributed by atoms with Gasteiger partial charge in [-0.05, 0) is 103 Å². The minimum absolute atomic E-state index is 0.0522. The molecule has 0 spiro atoms. The largest absolute Gasteiger partial charge is 0.453 e. The van der Waals surface area contributed by atoms with E-state index in [2.05, 4.69) is 89.9 Å². The van der Waals surface area contributed by atoms with Crippen molar-refractivity contribution in [2.45, 2.75) is 90.1 Å². The van der Waals surface area contributed by atoms with Gasteiger partial charge in [-0.2, -0.15) is 0 Å². The van der Waals surface area contributed by atoms with Crippen LogP contribution in [-0.2, 0) is 14.9 Å². The molecule has 2 unspecified atom stereocenters. The molecule has 5 N–H and O–H groups in total. The van der Waals surface area contributed by atoms with E-state index < -0.39 is 6.09 Å². The number of hydrogen-bond acceptors (Lipinski definition) is 5. The van der Waals surface area contributed by atoms with Crippen LogP contribution < -0.4 is 11.1 Å². The van der Waals surface area contributed by atoms with Gasteiger partial charge in [0.2, 0.25) is 5.91 Å². The number of amides is 2. The molecule has 2 aliphatic heterocycles. The van der Waals surface area contributed by atoms with Crippen LogP contribution in [-0.4, -0.2) is 52.1 Å². The first-order valence-electron chi connectivity index (χ1n) is 16.8. The highest BCUT2D eigenvalue weighted by Gasteiger charge is 2.39. The first-order chi connectivity index (χ1) is 22.1. The minimum Gasteiger partial charge on any atom is -0.453 e. The van der Waals surface area contributed by atoms with Crippen molar-refractivity contribution in [3.63, 3.8) is 0 Å². The summed E-state index contributed by atoms with van der Waals surface area (Å²) in [6.45, 7) is 10.9. The molecule has 7 rings (SSSR count). The zero-order valence-corrected chi connectivity index (χ0v) is 27.8. The van der Waals surface area contributed by atoms with Crippen molar-refractivity contribution in [2.24, 2.45) is 11.7 Å². The van der Waals surface area contributed by atoms with Crippen LogP contribution in [0.2, 0.25) is 0 Å². The van der Waals surface area contributed by atoms with Gasteiger partial charge in [0.05, 0.1) is 25.0 Å². The summed E-state index contributed by atoms with van der Waals surface area (Å²) in [7, 11) is 1.22. The number of likely N-dealkylation sites (tertiary alicyclic amines) is 1. The molecule has 4 heterocycles. The Hall–Kier alpha value is -4.11. The Balaban J connectivity index is 0.000000692. The van der Waals surface area contributed by atoms with Gasteiger partial charge in [-0.3, -0.25) is 4.79 Å². The fraction of sp³-hybridized carbons (Fsp3) is 0.486. The van der Waals surface area contributed by atoms with Crippen molar-refractivity contribution < 1.29 is 14.3 Å². The number of benzene rings is 1. The number of carbonyl (C=O) groups excluding carboxylic acids is 2. The highest BCUT2D eigenvalue weighted by atomic mass is 16.5. The van der Waals surface area contributed by atoms with E-state index in [-0.39, 0.29) is 17.4 Å². The Bertz CT molecular complexity index is 1670. The zero-order valence-electron chi connectivity index (χ0n) is 27.8. The average molecular weight is 625 g/mol. The third-order valence-electron chi connectivity index (χ3n) is 10.0. The molecule has 2 atom stereocenters. The van der Waals surface area contributed by atoms with Crippen molar-refractivity contribution in [3.05, 3.63) is 76.5 Å². The van der Waals surface area contributed by atoms with Gasteiger partial charge >= 0.3 is 6.09 Å². The summed E-state index contributed by atoms with van der Waals surface area (Å²) in [5.74, 6) is 1.53. The van der Waals surface area contributed by atoms with E-state index in [0.29, 0.717) is 18.4 Å². The van der Waals surface area contributed by atoms with Crippen molar-refractivity contribution in [3.8, 4) is 11.3 Å². The van der Waals surface area contributed by atoms with E-state index in [1.807, 2.05) is 11.1 Å². The van der Waals surface area contributed by atoms with Gasteiger partial charge in [0.1, 0.15) is 5.82 Å². The van der Waals surface area contributed by atoms with E-state index in [1.165, 1.54) is 59.2 Å². The number of carbonyl (C=O) groups is 2. The quantitative estimate of drug-likeness (QED) is 0.231. The number of nitrogens with two attached hydrogens (primary N) is 1. The number of ether oxygens (including phenoxy) is 1. The summed E-state index contributed by atoms with van der Waals surface area (Å²) in [6, 6.07) is 12.0. The van der Waals surface area contributed by atoms with Gasteiger partial charge in [-0.15, -0.1) is 0 Å². The van der Waals surface area contributed by atoms with E-state index in [1.54, 1.807) is 0 Å². The van der Waals surface area contributed by atoms with Crippen LogP contribution >= 0.6 is 0 Å². The molecule has 9 heteroatoms. The van der Waals surface area contributed by atoms with Gasteiger partial charge < -0.3 is 30.7 Å². The van der Waals surface area contributed by atoms with Crippen LogP contribution in [0.3, 0.4) is 0 Å². The lowest BCUT2D eigenvalue weighted by atomic mass is 9.78. The van der Waals surface area contributed by atoms with Crippen LogP contribution in [0, 0.1) is 5.92 Å². The van der Waals surface area contributed by atoms with Gasteiger partial charge in [0.15, 0.2) is 0 Å². The number of aromatic amines is 2. The number of imidazole rings is 1. The normalized spacial score (nSPS) is 21.5. The molecule has 244 valence electrons. The summed E-state index contributed by atoms with van der Waals surface area (Å²) in [5.41, 5.74) is 16.3. The molecule has 0 bridgehead atoms.